The summed E-state index contributed by atoms with van der Waals surface area (Å²) < 4.78 is 4.57. The van der Waals surface area contributed by atoms with Crippen LogP contribution in [0.4, 0.5) is 0 Å². The fourth-order valence-electron chi connectivity index (χ4n) is 1.81. The van der Waals surface area contributed by atoms with Gasteiger partial charge in [0.25, 0.3) is 0 Å². The standard InChI is InChI=1S/C11H20O3Si/c1-11(2,3)15(4,5)8-6-9(12)14-10(13)7-8/h8H,6-7H2,1-5H3. The zero-order valence-electron chi connectivity index (χ0n) is 10.2. The van der Waals surface area contributed by atoms with Crippen LogP contribution >= 0.6 is 0 Å². The van der Waals surface area contributed by atoms with Gasteiger partial charge in [0.15, 0.2) is 0 Å². The van der Waals surface area contributed by atoms with Crippen LogP contribution in [0.15, 0.2) is 0 Å². The average Bonchev–Trinajstić information content (AvgIpc) is 1.99. The van der Waals surface area contributed by atoms with Crippen molar-refractivity contribution >= 4 is 20.0 Å². The zero-order chi connectivity index (χ0) is 11.9. The number of hydrogen-bond acceptors (Lipinski definition) is 3. The first-order valence-corrected chi connectivity index (χ1v) is 8.46. The predicted octanol–water partition coefficient (Wildman–Crippen LogP) is 2.73. The van der Waals surface area contributed by atoms with E-state index in [1.54, 1.807) is 0 Å². The van der Waals surface area contributed by atoms with E-state index in [1.807, 2.05) is 0 Å². The lowest BCUT2D eigenvalue weighted by atomic mass is 10.2. The molecule has 1 rings (SSSR count). The second-order valence-corrected chi connectivity index (χ2v) is 11.7. The fraction of sp³-hybridized carbons (Fsp3) is 0.818. The molecule has 0 bridgehead atoms. The third-order valence-electron chi connectivity index (χ3n) is 4.01. The molecule has 1 aliphatic heterocycles. The number of cyclic esters (lactones) is 2. The van der Waals surface area contributed by atoms with Gasteiger partial charge in [0.1, 0.15) is 0 Å². The molecule has 0 N–H and O–H groups in total. The summed E-state index contributed by atoms with van der Waals surface area (Å²) in [5.74, 6) is -0.692. The van der Waals surface area contributed by atoms with Gasteiger partial charge in [-0.05, 0) is 10.6 Å². The summed E-state index contributed by atoms with van der Waals surface area (Å²) in [7, 11) is -1.61. The minimum Gasteiger partial charge on any atom is -0.393 e. The van der Waals surface area contributed by atoms with Crippen LogP contribution in [0, 0.1) is 0 Å². The molecule has 3 nitrogen and oxygen atoms in total. The Balaban J connectivity index is 2.88. The van der Waals surface area contributed by atoms with E-state index >= 15 is 0 Å². The molecule has 0 spiro atoms. The van der Waals surface area contributed by atoms with Gasteiger partial charge in [-0.3, -0.25) is 9.59 Å². The summed E-state index contributed by atoms with van der Waals surface area (Å²) in [6.45, 7) is 11.1. The van der Waals surface area contributed by atoms with Gasteiger partial charge in [0.05, 0.1) is 8.07 Å². The van der Waals surface area contributed by atoms with E-state index in [9.17, 15) is 9.59 Å². The molecule has 1 saturated heterocycles. The van der Waals surface area contributed by atoms with Crippen molar-refractivity contribution in [3.63, 3.8) is 0 Å². The maximum absolute atomic E-state index is 11.2. The Morgan fingerprint density at radius 2 is 1.53 bits per heavy atom. The molecule has 1 fully saturated rings. The Kier molecular flexibility index (Phi) is 3.10. The summed E-state index contributed by atoms with van der Waals surface area (Å²) in [6, 6.07) is 0. The number of esters is 2. The molecule has 0 amide bonds. The molecular weight excluding hydrogens is 208 g/mol. The zero-order valence-corrected chi connectivity index (χ0v) is 11.2. The second kappa shape index (κ2) is 3.74. The highest BCUT2D eigenvalue weighted by molar-refractivity contribution is 6.81. The fourth-order valence-corrected chi connectivity index (χ4v) is 4.39. The number of carbonyl (C=O) groups is 2. The van der Waals surface area contributed by atoms with E-state index in [-0.39, 0.29) is 22.5 Å². The normalized spacial score (nSPS) is 20.3. The lowest BCUT2D eigenvalue weighted by molar-refractivity contribution is -0.163. The van der Waals surface area contributed by atoms with Crippen LogP contribution in [0.25, 0.3) is 0 Å². The molecule has 1 aliphatic rings. The predicted molar refractivity (Wildman–Crippen MR) is 61.3 cm³/mol. The maximum atomic E-state index is 11.2. The highest BCUT2D eigenvalue weighted by atomic mass is 28.3. The average molecular weight is 228 g/mol. The van der Waals surface area contributed by atoms with E-state index in [0.29, 0.717) is 12.8 Å². The van der Waals surface area contributed by atoms with Gasteiger partial charge in [-0.2, -0.15) is 0 Å². The maximum Gasteiger partial charge on any atom is 0.313 e. The lowest BCUT2D eigenvalue weighted by Crippen LogP contribution is -2.45. The molecule has 15 heavy (non-hydrogen) atoms. The van der Waals surface area contributed by atoms with Gasteiger partial charge in [-0.1, -0.05) is 33.9 Å². The molecule has 0 radical (unpaired) electrons. The Bertz CT molecular complexity index is 273. The molecular formula is C11H20O3Si. The van der Waals surface area contributed by atoms with Gasteiger partial charge in [0, 0.05) is 12.8 Å². The first kappa shape index (κ1) is 12.4. The first-order valence-electron chi connectivity index (χ1n) is 5.38. The molecule has 4 heteroatoms. The summed E-state index contributed by atoms with van der Waals surface area (Å²) >= 11 is 0. The molecule has 0 aromatic heterocycles. The van der Waals surface area contributed by atoms with Crippen molar-refractivity contribution in [1.82, 2.24) is 0 Å². The first-order chi connectivity index (χ1) is 6.64. The van der Waals surface area contributed by atoms with Crippen molar-refractivity contribution in [2.45, 2.75) is 57.3 Å². The molecule has 0 aliphatic carbocycles. The van der Waals surface area contributed by atoms with Crippen LogP contribution < -0.4 is 0 Å². The van der Waals surface area contributed by atoms with Crippen LogP contribution in [-0.2, 0) is 14.3 Å². The van der Waals surface area contributed by atoms with Crippen LogP contribution in [0.5, 0.6) is 0 Å². The molecule has 0 saturated carbocycles. The van der Waals surface area contributed by atoms with Crippen molar-refractivity contribution in [2.75, 3.05) is 0 Å². The molecule has 0 aromatic carbocycles. The quantitative estimate of drug-likeness (QED) is 0.394. The van der Waals surface area contributed by atoms with E-state index in [1.165, 1.54) is 0 Å². The van der Waals surface area contributed by atoms with E-state index in [2.05, 4.69) is 38.6 Å². The Morgan fingerprint density at radius 3 is 1.87 bits per heavy atom. The van der Waals surface area contributed by atoms with Crippen molar-refractivity contribution in [3.8, 4) is 0 Å². The van der Waals surface area contributed by atoms with Crippen LogP contribution in [0.1, 0.15) is 33.6 Å². The summed E-state index contributed by atoms with van der Waals surface area (Å²) in [5.41, 5.74) is 0.228. The van der Waals surface area contributed by atoms with Gasteiger partial charge in [0.2, 0.25) is 0 Å². The SMILES string of the molecule is CC(C)(C)[Si](C)(C)C1CC(=O)OC(=O)C1. The highest BCUT2D eigenvalue weighted by Gasteiger charge is 2.45. The van der Waals surface area contributed by atoms with Crippen LogP contribution in [-0.4, -0.2) is 20.0 Å². The molecule has 1 heterocycles. The van der Waals surface area contributed by atoms with Gasteiger partial charge >= 0.3 is 11.9 Å². The topological polar surface area (TPSA) is 43.4 Å². The van der Waals surface area contributed by atoms with E-state index < -0.39 is 8.07 Å². The number of ether oxygens (including phenoxy) is 1. The Labute approximate surface area is 92.2 Å². The van der Waals surface area contributed by atoms with Crippen molar-refractivity contribution in [3.05, 3.63) is 0 Å². The second-order valence-electron chi connectivity index (χ2n) is 5.92. The lowest BCUT2D eigenvalue weighted by Gasteiger charge is -2.43. The largest absolute Gasteiger partial charge is 0.393 e. The summed E-state index contributed by atoms with van der Waals surface area (Å²) in [5, 5.41) is 0.204. The Morgan fingerprint density at radius 1 is 1.13 bits per heavy atom. The van der Waals surface area contributed by atoms with Crippen molar-refractivity contribution in [2.24, 2.45) is 0 Å². The van der Waals surface area contributed by atoms with Crippen LogP contribution in [0.3, 0.4) is 0 Å². The number of rotatable bonds is 1. The van der Waals surface area contributed by atoms with Crippen LogP contribution in [0.2, 0.25) is 23.7 Å². The minimum absolute atomic E-state index is 0.204. The monoisotopic (exact) mass is 228 g/mol. The van der Waals surface area contributed by atoms with Crippen molar-refractivity contribution < 1.29 is 14.3 Å². The van der Waals surface area contributed by atoms with Gasteiger partial charge in [-0.15, -0.1) is 0 Å². The number of hydrogen-bond donors (Lipinski definition) is 0. The van der Waals surface area contributed by atoms with Gasteiger partial charge in [-0.25, -0.2) is 0 Å². The smallest absolute Gasteiger partial charge is 0.313 e. The van der Waals surface area contributed by atoms with Crippen molar-refractivity contribution in [1.29, 1.82) is 0 Å². The van der Waals surface area contributed by atoms with E-state index in [0.717, 1.165) is 0 Å². The summed E-state index contributed by atoms with van der Waals surface area (Å²) in [4.78, 5) is 22.5. The van der Waals surface area contributed by atoms with E-state index in [4.69, 9.17) is 0 Å². The minimum atomic E-state index is -1.61. The summed E-state index contributed by atoms with van der Waals surface area (Å²) in [6.07, 6.45) is 0.838. The molecule has 0 aromatic rings. The third-order valence-corrected chi connectivity index (χ3v) is 10.3. The number of carbonyl (C=O) groups excluding carboxylic acids is 2. The molecule has 0 atom stereocenters. The van der Waals surface area contributed by atoms with Gasteiger partial charge < -0.3 is 4.74 Å². The molecule has 0 unspecified atom stereocenters. The highest BCUT2D eigenvalue weighted by Crippen LogP contribution is 2.47. The third kappa shape index (κ3) is 2.48. The Hall–Kier alpha value is -0.643. The molecule has 86 valence electrons.